The van der Waals surface area contributed by atoms with Crippen molar-refractivity contribution in [1.29, 1.82) is 0 Å². The van der Waals surface area contributed by atoms with Gasteiger partial charge in [-0.1, -0.05) is 146 Å². The second-order valence-corrected chi connectivity index (χ2v) is 12.9. The first-order valence-corrected chi connectivity index (χ1v) is 17.1. The molecular weight excluding hydrogens is 623 g/mol. The smallest absolute Gasteiger partial charge is 0.164 e. The summed E-state index contributed by atoms with van der Waals surface area (Å²) in [7, 11) is 0. The fraction of sp³-hybridized carbons (Fsp3) is 0. The molecule has 0 spiro atoms. The van der Waals surface area contributed by atoms with Crippen LogP contribution in [0.25, 0.3) is 89.1 Å². The van der Waals surface area contributed by atoms with E-state index in [0.717, 1.165) is 55.7 Å². The summed E-state index contributed by atoms with van der Waals surface area (Å²) in [6, 6.07) is 61.1. The Hall–Kier alpha value is -6.91. The van der Waals surface area contributed by atoms with E-state index in [0.29, 0.717) is 17.5 Å². The third kappa shape index (κ3) is 5.22. The second-order valence-electron chi connectivity index (χ2n) is 12.9. The van der Waals surface area contributed by atoms with Gasteiger partial charge in [0, 0.05) is 27.6 Å². The van der Waals surface area contributed by atoms with Crippen molar-refractivity contribution >= 4 is 21.5 Å². The zero-order valence-electron chi connectivity index (χ0n) is 27.5. The lowest BCUT2D eigenvalue weighted by molar-refractivity contribution is 0.487. The summed E-state index contributed by atoms with van der Waals surface area (Å²) in [6.07, 6.45) is 0. The molecule has 0 aliphatic carbocycles. The lowest BCUT2D eigenvalue weighted by atomic mass is 9.92. The van der Waals surface area contributed by atoms with E-state index in [9.17, 15) is 0 Å². The first kappa shape index (κ1) is 29.0. The molecule has 1 aliphatic rings. The van der Waals surface area contributed by atoms with E-state index in [-0.39, 0.29) is 0 Å². The zero-order valence-corrected chi connectivity index (χ0v) is 27.5. The predicted octanol–water partition coefficient (Wildman–Crippen LogP) is 12.3. The van der Waals surface area contributed by atoms with Crippen molar-refractivity contribution in [2.24, 2.45) is 0 Å². The van der Waals surface area contributed by atoms with Gasteiger partial charge in [-0.25, -0.2) is 15.0 Å². The molecule has 4 heteroatoms. The minimum Gasteiger partial charge on any atom is -0.456 e. The number of nitrogens with zero attached hydrogens (tertiary/aromatic N) is 3. The lowest BCUT2D eigenvalue weighted by Crippen LogP contribution is -2.00. The van der Waals surface area contributed by atoms with Crippen molar-refractivity contribution in [1.82, 2.24) is 15.0 Å². The molecule has 0 unspecified atom stereocenters. The van der Waals surface area contributed by atoms with Crippen LogP contribution in [0.5, 0.6) is 11.5 Å². The van der Waals surface area contributed by atoms with Gasteiger partial charge in [0.25, 0.3) is 0 Å². The van der Waals surface area contributed by atoms with E-state index < -0.39 is 0 Å². The van der Waals surface area contributed by atoms with E-state index in [2.05, 4.69) is 127 Å². The molecule has 9 aromatic rings. The van der Waals surface area contributed by atoms with E-state index in [1.807, 2.05) is 48.5 Å². The highest BCUT2D eigenvalue weighted by molar-refractivity contribution is 6.04. The maximum atomic E-state index is 6.34. The van der Waals surface area contributed by atoms with Gasteiger partial charge in [0.1, 0.15) is 11.5 Å². The third-order valence-corrected chi connectivity index (χ3v) is 9.71. The normalized spacial score (nSPS) is 11.7. The van der Waals surface area contributed by atoms with Gasteiger partial charge in [-0.2, -0.15) is 0 Å². The van der Waals surface area contributed by atoms with Crippen LogP contribution in [0, 0.1) is 0 Å². The molecule has 10 rings (SSSR count). The van der Waals surface area contributed by atoms with Crippen molar-refractivity contribution < 1.29 is 4.74 Å². The summed E-state index contributed by atoms with van der Waals surface area (Å²) in [4.78, 5) is 15.0. The van der Waals surface area contributed by atoms with E-state index in [1.165, 1.54) is 27.5 Å². The van der Waals surface area contributed by atoms with E-state index in [4.69, 9.17) is 19.7 Å². The van der Waals surface area contributed by atoms with Crippen LogP contribution in [0.4, 0.5) is 0 Å². The van der Waals surface area contributed by atoms with Gasteiger partial charge in [-0.15, -0.1) is 0 Å². The Morgan fingerprint density at radius 3 is 1.53 bits per heavy atom. The second kappa shape index (κ2) is 11.9. The van der Waals surface area contributed by atoms with Crippen LogP contribution >= 0.6 is 0 Å². The molecule has 0 bridgehead atoms. The molecule has 0 N–H and O–H groups in total. The van der Waals surface area contributed by atoms with Gasteiger partial charge in [-0.05, 0) is 74.3 Å². The molecular formula is C47H29N3O. The molecule has 4 nitrogen and oxygen atoms in total. The maximum Gasteiger partial charge on any atom is 0.164 e. The van der Waals surface area contributed by atoms with Crippen molar-refractivity contribution in [3.63, 3.8) is 0 Å². The highest BCUT2D eigenvalue weighted by Crippen LogP contribution is 2.47. The van der Waals surface area contributed by atoms with Crippen molar-refractivity contribution in [2.45, 2.75) is 0 Å². The molecule has 0 amide bonds. The Balaban J connectivity index is 1.02. The maximum absolute atomic E-state index is 6.34. The Morgan fingerprint density at radius 2 is 0.804 bits per heavy atom. The molecule has 0 fully saturated rings. The quantitative estimate of drug-likeness (QED) is 0.186. The molecule has 0 saturated heterocycles. The SMILES string of the molecule is c1ccc(-c2ccc3cc(-c4nc(-c5ccccc5)nc(-c5ccc(-c6ccc7c(c6)-c6cccc8cccc(c68)O7)cc5)n4)ccc3c2)cc1. The molecule has 51 heavy (non-hydrogen) atoms. The zero-order chi connectivity index (χ0) is 33.7. The Morgan fingerprint density at radius 1 is 0.294 bits per heavy atom. The average molecular weight is 652 g/mol. The van der Waals surface area contributed by atoms with Gasteiger partial charge in [0.2, 0.25) is 0 Å². The largest absolute Gasteiger partial charge is 0.456 e. The van der Waals surface area contributed by atoms with Crippen LogP contribution in [-0.4, -0.2) is 15.0 Å². The van der Waals surface area contributed by atoms with Gasteiger partial charge in [0.15, 0.2) is 17.5 Å². The Kier molecular flexibility index (Phi) is 6.78. The van der Waals surface area contributed by atoms with Crippen LogP contribution in [0.2, 0.25) is 0 Å². The van der Waals surface area contributed by atoms with Crippen molar-refractivity contribution in [2.75, 3.05) is 0 Å². The van der Waals surface area contributed by atoms with Crippen molar-refractivity contribution in [3.05, 3.63) is 176 Å². The number of fused-ring (bicyclic) bond motifs is 3. The minimum atomic E-state index is 0.632. The van der Waals surface area contributed by atoms with Gasteiger partial charge in [0.05, 0.1) is 0 Å². The highest BCUT2D eigenvalue weighted by Gasteiger charge is 2.20. The molecule has 1 aliphatic heterocycles. The minimum absolute atomic E-state index is 0.632. The number of hydrogen-bond acceptors (Lipinski definition) is 4. The fourth-order valence-corrected chi connectivity index (χ4v) is 7.10. The highest BCUT2D eigenvalue weighted by atomic mass is 16.5. The van der Waals surface area contributed by atoms with Crippen molar-refractivity contribution in [3.8, 4) is 79.0 Å². The molecule has 8 aromatic carbocycles. The standard InChI is InChI=1S/C47H29N3O/c1-3-9-30(10-4-1)35-21-22-37-28-39(24-23-36(37)27-35)47-49-45(33-11-5-2-6-12-33)48-46(50-47)34-19-17-31(18-20-34)38-25-26-42-41(29-38)40-15-7-13-32-14-8-16-43(51-42)44(32)40/h1-29H. The number of rotatable bonds is 5. The number of hydrogen-bond donors (Lipinski definition) is 0. The van der Waals surface area contributed by atoms with Crippen LogP contribution in [-0.2, 0) is 0 Å². The first-order chi connectivity index (χ1) is 25.2. The fourth-order valence-electron chi connectivity index (χ4n) is 7.10. The first-order valence-electron chi connectivity index (χ1n) is 17.1. The average Bonchev–Trinajstić information content (AvgIpc) is 3.21. The van der Waals surface area contributed by atoms with Gasteiger partial charge in [-0.3, -0.25) is 0 Å². The van der Waals surface area contributed by atoms with Gasteiger partial charge < -0.3 is 4.74 Å². The summed E-state index contributed by atoms with van der Waals surface area (Å²) in [5, 5.41) is 4.64. The van der Waals surface area contributed by atoms with Crippen LogP contribution < -0.4 is 4.74 Å². The summed E-state index contributed by atoms with van der Waals surface area (Å²) in [5.41, 5.74) is 9.73. The Bertz CT molecular complexity index is 2750. The van der Waals surface area contributed by atoms with E-state index in [1.54, 1.807) is 0 Å². The molecule has 0 radical (unpaired) electrons. The predicted molar refractivity (Wildman–Crippen MR) is 208 cm³/mol. The summed E-state index contributed by atoms with van der Waals surface area (Å²) < 4.78 is 6.34. The summed E-state index contributed by atoms with van der Waals surface area (Å²) >= 11 is 0. The van der Waals surface area contributed by atoms with Gasteiger partial charge >= 0.3 is 0 Å². The number of benzene rings is 8. The monoisotopic (exact) mass is 651 g/mol. The van der Waals surface area contributed by atoms with Crippen LogP contribution in [0.3, 0.4) is 0 Å². The van der Waals surface area contributed by atoms with Crippen LogP contribution in [0.1, 0.15) is 0 Å². The third-order valence-electron chi connectivity index (χ3n) is 9.71. The molecule has 1 aromatic heterocycles. The lowest BCUT2D eigenvalue weighted by Gasteiger charge is -2.22. The molecule has 0 atom stereocenters. The molecule has 2 heterocycles. The summed E-state index contributed by atoms with van der Waals surface area (Å²) in [6.45, 7) is 0. The van der Waals surface area contributed by atoms with Crippen LogP contribution in [0.15, 0.2) is 176 Å². The molecule has 238 valence electrons. The molecule has 0 saturated carbocycles. The number of aromatic nitrogens is 3. The summed E-state index contributed by atoms with van der Waals surface area (Å²) in [5.74, 6) is 3.69. The Labute approximate surface area is 295 Å². The number of ether oxygens (including phenoxy) is 1. The topological polar surface area (TPSA) is 47.9 Å². The van der Waals surface area contributed by atoms with E-state index >= 15 is 0 Å².